The van der Waals surface area contributed by atoms with Crippen LogP contribution in [-0.2, 0) is 4.74 Å². The smallest absolute Gasteiger partial charge is 0.105 e. The number of hydrogen-bond acceptors (Lipinski definition) is 3. The molecule has 0 rings (SSSR count). The average molecular weight is 133 g/mol. The third-order valence-electron chi connectivity index (χ3n) is 0.661. The summed E-state index contributed by atoms with van der Waals surface area (Å²) >= 11 is 1.38. The Kier molecular flexibility index (Phi) is 5.11. The van der Waals surface area contributed by atoms with Crippen molar-refractivity contribution in [3.05, 3.63) is 0 Å². The third kappa shape index (κ3) is 4.15. The molecule has 0 amide bonds. The van der Waals surface area contributed by atoms with Crippen LogP contribution < -0.4 is 0 Å². The molecule has 0 bridgehead atoms. The Bertz CT molecular complexity index is 67.4. The van der Waals surface area contributed by atoms with Crippen LogP contribution in [0.1, 0.15) is 13.8 Å². The van der Waals surface area contributed by atoms with Gasteiger partial charge in [0.1, 0.15) is 5.44 Å². The molecule has 0 saturated carbocycles. The minimum Gasteiger partial charge on any atom is -0.368 e. The molecule has 1 atom stereocenters. The van der Waals surface area contributed by atoms with Crippen LogP contribution in [0.4, 0.5) is 0 Å². The molecule has 1 N–H and O–H groups in total. The van der Waals surface area contributed by atoms with E-state index in [1.807, 2.05) is 13.8 Å². The Morgan fingerprint density at radius 2 is 2.50 bits per heavy atom. The average Bonchev–Trinajstić information content (AvgIpc) is 1.68. The second-order valence-electron chi connectivity index (χ2n) is 1.28. The molecule has 8 heavy (non-hydrogen) atoms. The van der Waals surface area contributed by atoms with Crippen molar-refractivity contribution < 1.29 is 4.74 Å². The maximum Gasteiger partial charge on any atom is 0.105 e. The van der Waals surface area contributed by atoms with E-state index < -0.39 is 0 Å². The Morgan fingerprint density at radius 1 is 1.88 bits per heavy atom. The number of hydrogen-bond donors (Lipinski definition) is 1. The molecule has 3 heteroatoms. The second-order valence-corrected chi connectivity index (χ2v) is 2.45. The fourth-order valence-electron chi connectivity index (χ4n) is 0.370. The fourth-order valence-corrected chi connectivity index (χ4v) is 0.776. The molecule has 0 aliphatic heterocycles. The molecule has 0 aliphatic carbocycles. The summed E-state index contributed by atoms with van der Waals surface area (Å²) in [4.78, 5) is 0. The SMILES string of the molecule is CCOC(C)SC=N. The van der Waals surface area contributed by atoms with Gasteiger partial charge in [0.15, 0.2) is 0 Å². The van der Waals surface area contributed by atoms with Gasteiger partial charge in [-0.2, -0.15) is 0 Å². The predicted molar refractivity (Wildman–Crippen MR) is 37.5 cm³/mol. The van der Waals surface area contributed by atoms with E-state index in [9.17, 15) is 0 Å². The zero-order valence-corrected chi connectivity index (χ0v) is 5.99. The topological polar surface area (TPSA) is 33.1 Å². The van der Waals surface area contributed by atoms with Crippen molar-refractivity contribution in [2.45, 2.75) is 19.3 Å². The lowest BCUT2D eigenvalue weighted by atomic mass is 10.8. The van der Waals surface area contributed by atoms with Gasteiger partial charge < -0.3 is 10.1 Å². The predicted octanol–water partition coefficient (Wildman–Crippen LogP) is 1.71. The summed E-state index contributed by atoms with van der Waals surface area (Å²) in [5, 5.41) is 6.67. The number of rotatable bonds is 4. The largest absolute Gasteiger partial charge is 0.368 e. The molecule has 48 valence electrons. The lowest BCUT2D eigenvalue weighted by molar-refractivity contribution is 0.138. The van der Waals surface area contributed by atoms with Crippen molar-refractivity contribution in [1.29, 1.82) is 5.41 Å². The Morgan fingerprint density at radius 3 is 2.88 bits per heavy atom. The van der Waals surface area contributed by atoms with Crippen LogP contribution in [0.25, 0.3) is 0 Å². The van der Waals surface area contributed by atoms with E-state index in [1.54, 1.807) is 0 Å². The highest BCUT2D eigenvalue weighted by Gasteiger charge is 1.95. The van der Waals surface area contributed by atoms with Gasteiger partial charge in [-0.15, -0.1) is 0 Å². The summed E-state index contributed by atoms with van der Waals surface area (Å²) in [6.45, 7) is 4.60. The standard InChI is InChI=1S/C5H11NOS/c1-3-7-5(2)8-4-6/h4-6H,3H2,1-2H3. The first-order valence-electron chi connectivity index (χ1n) is 2.57. The van der Waals surface area contributed by atoms with Crippen LogP contribution in [-0.4, -0.2) is 17.6 Å². The third-order valence-corrected chi connectivity index (χ3v) is 1.32. The van der Waals surface area contributed by atoms with Crippen molar-refractivity contribution in [2.75, 3.05) is 6.61 Å². The number of nitrogens with one attached hydrogen (secondary N) is 1. The molecule has 0 radical (unpaired) electrons. The summed E-state index contributed by atoms with van der Waals surface area (Å²) in [5.41, 5.74) is 1.43. The Hall–Kier alpha value is -0.0200. The summed E-state index contributed by atoms with van der Waals surface area (Å²) in [6, 6.07) is 0. The molecule has 0 saturated heterocycles. The van der Waals surface area contributed by atoms with Crippen LogP contribution in [0.15, 0.2) is 0 Å². The van der Waals surface area contributed by atoms with Crippen LogP contribution in [0.2, 0.25) is 0 Å². The molecule has 0 heterocycles. The van der Waals surface area contributed by atoms with Gasteiger partial charge in [-0.05, 0) is 13.8 Å². The van der Waals surface area contributed by atoms with Gasteiger partial charge in [0, 0.05) is 6.61 Å². The van der Waals surface area contributed by atoms with Crippen LogP contribution in [0, 0.1) is 5.41 Å². The van der Waals surface area contributed by atoms with Crippen molar-refractivity contribution in [3.63, 3.8) is 0 Å². The van der Waals surface area contributed by atoms with Crippen molar-refractivity contribution >= 4 is 17.3 Å². The first kappa shape index (κ1) is 7.98. The molecule has 0 aliphatic rings. The summed E-state index contributed by atoms with van der Waals surface area (Å²) in [6.07, 6.45) is 0. The van der Waals surface area contributed by atoms with E-state index in [-0.39, 0.29) is 5.44 Å². The van der Waals surface area contributed by atoms with Crippen LogP contribution in [0.3, 0.4) is 0 Å². The molecular formula is C5H11NOS. The quantitative estimate of drug-likeness (QED) is 0.360. The lowest BCUT2D eigenvalue weighted by Crippen LogP contribution is -2.01. The molecule has 0 aromatic rings. The van der Waals surface area contributed by atoms with Gasteiger partial charge >= 0.3 is 0 Å². The van der Waals surface area contributed by atoms with Crippen molar-refractivity contribution in [2.24, 2.45) is 0 Å². The molecule has 0 fully saturated rings. The lowest BCUT2D eigenvalue weighted by Gasteiger charge is -2.05. The Labute approximate surface area is 54.1 Å². The zero-order valence-electron chi connectivity index (χ0n) is 5.18. The summed E-state index contributed by atoms with van der Waals surface area (Å²) in [7, 11) is 0. The number of ether oxygens (including phenoxy) is 1. The van der Waals surface area contributed by atoms with E-state index in [0.717, 1.165) is 6.61 Å². The normalized spacial score (nSPS) is 13.2. The first-order chi connectivity index (χ1) is 3.81. The van der Waals surface area contributed by atoms with E-state index in [0.29, 0.717) is 0 Å². The first-order valence-corrected chi connectivity index (χ1v) is 3.51. The van der Waals surface area contributed by atoms with Gasteiger partial charge in [0.05, 0.1) is 5.55 Å². The highest BCUT2D eigenvalue weighted by atomic mass is 32.2. The molecule has 2 nitrogen and oxygen atoms in total. The van der Waals surface area contributed by atoms with Gasteiger partial charge in [-0.3, -0.25) is 0 Å². The van der Waals surface area contributed by atoms with E-state index in [2.05, 4.69) is 0 Å². The Balaban J connectivity index is 3.03. The zero-order chi connectivity index (χ0) is 6.41. The van der Waals surface area contributed by atoms with Gasteiger partial charge in [-0.25, -0.2) is 0 Å². The van der Waals surface area contributed by atoms with E-state index in [4.69, 9.17) is 10.1 Å². The second kappa shape index (κ2) is 5.12. The minimum atomic E-state index is 0.137. The highest BCUT2D eigenvalue weighted by molar-refractivity contribution is 8.12. The van der Waals surface area contributed by atoms with Crippen LogP contribution >= 0.6 is 11.8 Å². The molecule has 1 unspecified atom stereocenters. The molecule has 0 spiro atoms. The van der Waals surface area contributed by atoms with E-state index >= 15 is 0 Å². The fraction of sp³-hybridized carbons (Fsp3) is 0.800. The minimum absolute atomic E-state index is 0.137. The number of thioether (sulfide) groups is 1. The van der Waals surface area contributed by atoms with Crippen molar-refractivity contribution in [3.8, 4) is 0 Å². The molecule has 0 aromatic carbocycles. The van der Waals surface area contributed by atoms with Gasteiger partial charge in [0.25, 0.3) is 0 Å². The monoisotopic (exact) mass is 133 g/mol. The van der Waals surface area contributed by atoms with Crippen LogP contribution in [0.5, 0.6) is 0 Å². The van der Waals surface area contributed by atoms with Crippen molar-refractivity contribution in [1.82, 2.24) is 0 Å². The highest BCUT2D eigenvalue weighted by Crippen LogP contribution is 2.06. The van der Waals surface area contributed by atoms with Gasteiger partial charge in [-0.1, -0.05) is 11.8 Å². The summed E-state index contributed by atoms with van der Waals surface area (Å²) in [5.74, 6) is 0. The summed E-state index contributed by atoms with van der Waals surface area (Å²) < 4.78 is 5.09. The van der Waals surface area contributed by atoms with E-state index in [1.165, 1.54) is 17.3 Å². The maximum absolute atomic E-state index is 6.67. The molecular weight excluding hydrogens is 122 g/mol. The maximum atomic E-state index is 6.67. The molecule has 0 aromatic heterocycles. The van der Waals surface area contributed by atoms with Gasteiger partial charge in [0.2, 0.25) is 0 Å².